The van der Waals surface area contributed by atoms with E-state index in [1.54, 1.807) is 31.5 Å². The first-order valence-corrected chi connectivity index (χ1v) is 9.96. The lowest BCUT2D eigenvalue weighted by molar-refractivity contribution is 0.0856. The molecule has 0 atom stereocenters. The Morgan fingerprint density at radius 2 is 2.18 bits per heavy atom. The van der Waals surface area contributed by atoms with Gasteiger partial charge in [-0.2, -0.15) is 0 Å². The summed E-state index contributed by atoms with van der Waals surface area (Å²) >= 11 is 1.48. The van der Waals surface area contributed by atoms with E-state index in [1.807, 2.05) is 6.07 Å². The molecule has 3 aromatic rings. The Morgan fingerprint density at radius 1 is 1.36 bits per heavy atom. The van der Waals surface area contributed by atoms with E-state index in [-0.39, 0.29) is 5.91 Å². The second-order valence-electron chi connectivity index (χ2n) is 6.57. The third kappa shape index (κ3) is 3.63. The van der Waals surface area contributed by atoms with E-state index in [9.17, 15) is 4.79 Å². The molecule has 0 saturated carbocycles. The van der Waals surface area contributed by atoms with E-state index in [0.29, 0.717) is 28.1 Å². The first-order valence-electron chi connectivity index (χ1n) is 9.14. The molecule has 6 nitrogen and oxygen atoms in total. The minimum atomic E-state index is -0.226. The van der Waals surface area contributed by atoms with Crippen molar-refractivity contribution in [1.82, 2.24) is 9.97 Å². The molecule has 1 aliphatic heterocycles. The maximum absolute atomic E-state index is 12.6. The van der Waals surface area contributed by atoms with Crippen LogP contribution in [0.4, 0.5) is 5.13 Å². The molecular formula is C21H21N3O3S. The number of carbonyl (C=O) groups is 1. The third-order valence-electron chi connectivity index (χ3n) is 4.89. The van der Waals surface area contributed by atoms with Gasteiger partial charge in [-0.15, -0.1) is 0 Å². The molecule has 28 heavy (non-hydrogen) atoms. The summed E-state index contributed by atoms with van der Waals surface area (Å²) in [5.41, 5.74) is 3.20. The van der Waals surface area contributed by atoms with Crippen molar-refractivity contribution in [2.24, 2.45) is 0 Å². The van der Waals surface area contributed by atoms with Crippen LogP contribution in [0.5, 0.6) is 5.75 Å². The molecule has 1 aliphatic rings. The van der Waals surface area contributed by atoms with Gasteiger partial charge in [0.15, 0.2) is 5.13 Å². The summed E-state index contributed by atoms with van der Waals surface area (Å²) in [6.07, 6.45) is 5.18. The molecule has 2 aromatic heterocycles. The maximum Gasteiger partial charge on any atom is 0.257 e. The van der Waals surface area contributed by atoms with Gasteiger partial charge in [0.2, 0.25) is 0 Å². The molecule has 3 heterocycles. The molecule has 1 amide bonds. The zero-order valence-electron chi connectivity index (χ0n) is 15.6. The highest BCUT2D eigenvalue weighted by atomic mass is 32.1. The van der Waals surface area contributed by atoms with Crippen molar-refractivity contribution >= 4 is 38.7 Å². The molecule has 1 fully saturated rings. The van der Waals surface area contributed by atoms with Crippen LogP contribution in [-0.2, 0) is 4.74 Å². The first kappa shape index (κ1) is 18.6. The maximum atomic E-state index is 12.6. The smallest absolute Gasteiger partial charge is 0.257 e. The number of fused-ring (bicyclic) bond motifs is 1. The van der Waals surface area contributed by atoms with Crippen molar-refractivity contribution in [3.05, 3.63) is 53.9 Å². The predicted octanol–water partition coefficient (Wildman–Crippen LogP) is 4.49. The Kier molecular flexibility index (Phi) is 5.36. The Labute approximate surface area is 167 Å². The average Bonchev–Trinajstić information content (AvgIpc) is 3.17. The van der Waals surface area contributed by atoms with Gasteiger partial charge in [-0.25, -0.2) is 4.98 Å². The lowest BCUT2D eigenvalue weighted by Crippen LogP contribution is -2.14. The topological polar surface area (TPSA) is 73.3 Å². The molecule has 0 unspecified atom stereocenters. The van der Waals surface area contributed by atoms with Gasteiger partial charge in [-0.1, -0.05) is 24.0 Å². The van der Waals surface area contributed by atoms with Gasteiger partial charge in [-0.05, 0) is 48.6 Å². The zero-order chi connectivity index (χ0) is 19.5. The van der Waals surface area contributed by atoms with Crippen LogP contribution in [0, 0.1) is 0 Å². The molecular weight excluding hydrogens is 374 g/mol. The number of pyridine rings is 1. The Bertz CT molecular complexity index is 1020. The van der Waals surface area contributed by atoms with E-state index in [4.69, 9.17) is 9.47 Å². The van der Waals surface area contributed by atoms with Gasteiger partial charge >= 0.3 is 0 Å². The Balaban J connectivity index is 1.67. The molecule has 0 bridgehead atoms. The van der Waals surface area contributed by atoms with Gasteiger partial charge in [0.25, 0.3) is 5.91 Å². The second-order valence-corrected chi connectivity index (χ2v) is 7.57. The summed E-state index contributed by atoms with van der Waals surface area (Å²) in [7, 11) is 1.63. The Morgan fingerprint density at radius 3 is 2.93 bits per heavy atom. The van der Waals surface area contributed by atoms with E-state index < -0.39 is 0 Å². The predicted molar refractivity (Wildman–Crippen MR) is 111 cm³/mol. The number of amides is 1. The highest BCUT2D eigenvalue weighted by molar-refractivity contribution is 7.22. The van der Waals surface area contributed by atoms with Gasteiger partial charge in [0.05, 0.1) is 17.5 Å². The van der Waals surface area contributed by atoms with Crippen molar-refractivity contribution < 1.29 is 14.3 Å². The lowest BCUT2D eigenvalue weighted by atomic mass is 9.91. The van der Waals surface area contributed by atoms with Crippen molar-refractivity contribution in [3.63, 3.8) is 0 Å². The molecule has 7 heteroatoms. The van der Waals surface area contributed by atoms with Gasteiger partial charge in [0, 0.05) is 25.0 Å². The van der Waals surface area contributed by atoms with E-state index in [2.05, 4.69) is 27.9 Å². The number of thiazole rings is 1. The lowest BCUT2D eigenvalue weighted by Gasteiger charge is -2.23. The number of nitrogens with zero attached hydrogens (tertiary/aromatic N) is 2. The summed E-state index contributed by atoms with van der Waals surface area (Å²) in [6.45, 7) is 5.23. The molecule has 4 rings (SSSR count). The van der Waals surface area contributed by atoms with Crippen molar-refractivity contribution in [2.45, 2.75) is 18.8 Å². The molecule has 0 aliphatic carbocycles. The van der Waals surface area contributed by atoms with Crippen LogP contribution < -0.4 is 10.1 Å². The number of hydrogen-bond acceptors (Lipinski definition) is 6. The quantitative estimate of drug-likeness (QED) is 0.689. The summed E-state index contributed by atoms with van der Waals surface area (Å²) in [5.74, 6) is 0.915. The van der Waals surface area contributed by atoms with Crippen LogP contribution >= 0.6 is 11.3 Å². The fourth-order valence-electron chi connectivity index (χ4n) is 3.42. The molecule has 1 N–H and O–H groups in total. The number of methoxy groups -OCH3 is 1. The van der Waals surface area contributed by atoms with E-state index in [0.717, 1.165) is 36.3 Å². The minimum Gasteiger partial charge on any atom is -0.494 e. The fraction of sp³-hybridized carbons (Fsp3) is 0.286. The van der Waals surface area contributed by atoms with Gasteiger partial charge in [-0.3, -0.25) is 15.1 Å². The largest absolute Gasteiger partial charge is 0.494 e. The number of hydrogen-bond donors (Lipinski definition) is 1. The summed E-state index contributed by atoms with van der Waals surface area (Å²) in [5, 5.41) is 3.46. The van der Waals surface area contributed by atoms with Crippen LogP contribution in [0.2, 0.25) is 0 Å². The van der Waals surface area contributed by atoms with Crippen molar-refractivity contribution in [1.29, 1.82) is 0 Å². The monoisotopic (exact) mass is 395 g/mol. The standard InChI is InChI=1S/C21H21N3O3S/c1-3-15-12-14(6-9-22-15)20(25)24-21-23-18-17(26-2)5-4-16(19(18)28-21)13-7-10-27-11-8-13/h3-6,9,12-13H,1,7-8,10-11H2,2H3,(H,23,24,25). The summed E-state index contributed by atoms with van der Waals surface area (Å²) in [6, 6.07) is 7.44. The average molecular weight is 395 g/mol. The number of nitrogens with one attached hydrogen (secondary N) is 1. The van der Waals surface area contributed by atoms with Crippen molar-refractivity contribution in [3.8, 4) is 5.75 Å². The summed E-state index contributed by atoms with van der Waals surface area (Å²) in [4.78, 5) is 21.4. The number of benzene rings is 1. The molecule has 1 saturated heterocycles. The van der Waals surface area contributed by atoms with Crippen LogP contribution in [0.25, 0.3) is 16.3 Å². The normalized spacial score (nSPS) is 14.8. The van der Waals surface area contributed by atoms with Crippen LogP contribution in [0.3, 0.4) is 0 Å². The van der Waals surface area contributed by atoms with E-state index in [1.165, 1.54) is 16.9 Å². The van der Waals surface area contributed by atoms with Gasteiger partial charge in [0.1, 0.15) is 11.3 Å². The second kappa shape index (κ2) is 8.08. The fourth-order valence-corrected chi connectivity index (χ4v) is 4.49. The molecule has 1 aromatic carbocycles. The number of anilines is 1. The highest BCUT2D eigenvalue weighted by Crippen LogP contribution is 2.40. The SMILES string of the molecule is C=Cc1cc(C(=O)Nc2nc3c(OC)ccc(C4CCOCC4)c3s2)ccn1. The minimum absolute atomic E-state index is 0.226. The van der Waals surface area contributed by atoms with Gasteiger partial charge < -0.3 is 9.47 Å². The number of rotatable bonds is 5. The van der Waals surface area contributed by atoms with Crippen LogP contribution in [-0.4, -0.2) is 36.2 Å². The van der Waals surface area contributed by atoms with Crippen LogP contribution in [0.1, 0.15) is 40.4 Å². The third-order valence-corrected chi connectivity index (χ3v) is 5.91. The zero-order valence-corrected chi connectivity index (χ0v) is 16.4. The molecule has 0 spiro atoms. The number of carbonyl (C=O) groups excluding carboxylic acids is 1. The highest BCUT2D eigenvalue weighted by Gasteiger charge is 2.22. The summed E-state index contributed by atoms with van der Waals surface area (Å²) < 4.78 is 12.0. The Hall–Kier alpha value is -2.77. The first-order chi connectivity index (χ1) is 13.7. The van der Waals surface area contributed by atoms with Crippen molar-refractivity contribution in [2.75, 3.05) is 25.6 Å². The number of ether oxygens (including phenoxy) is 2. The van der Waals surface area contributed by atoms with E-state index >= 15 is 0 Å². The number of aromatic nitrogens is 2. The molecule has 144 valence electrons. The van der Waals surface area contributed by atoms with Crippen LogP contribution in [0.15, 0.2) is 37.0 Å². The molecule has 0 radical (unpaired) electrons.